The summed E-state index contributed by atoms with van der Waals surface area (Å²) in [6, 6.07) is 0. The van der Waals surface area contributed by atoms with Gasteiger partial charge in [0.2, 0.25) is 0 Å². The summed E-state index contributed by atoms with van der Waals surface area (Å²) < 4.78 is 0. The summed E-state index contributed by atoms with van der Waals surface area (Å²) in [5, 5.41) is 3.19. The smallest absolute Gasteiger partial charge is 0.155 e. The van der Waals surface area contributed by atoms with Crippen LogP contribution in [0.25, 0.3) is 0 Å². The molecule has 0 atom stereocenters. The number of thiocarbonyl (C=S) groups is 1. The molecule has 0 unspecified atom stereocenters. The number of aromatic nitrogens is 2. The SMILES string of the molecule is CCCCCNc1nccnc1C(N)=S. The van der Waals surface area contributed by atoms with Crippen molar-refractivity contribution < 1.29 is 0 Å². The van der Waals surface area contributed by atoms with E-state index in [0.717, 1.165) is 13.0 Å². The van der Waals surface area contributed by atoms with Crippen molar-refractivity contribution in [2.24, 2.45) is 5.73 Å². The Hall–Kier alpha value is -1.23. The van der Waals surface area contributed by atoms with E-state index in [9.17, 15) is 0 Å². The van der Waals surface area contributed by atoms with Gasteiger partial charge >= 0.3 is 0 Å². The minimum Gasteiger partial charge on any atom is -0.388 e. The van der Waals surface area contributed by atoms with E-state index in [4.69, 9.17) is 18.0 Å². The first-order valence-corrected chi connectivity index (χ1v) is 5.51. The van der Waals surface area contributed by atoms with Crippen molar-refractivity contribution in [1.29, 1.82) is 0 Å². The Morgan fingerprint density at radius 1 is 1.40 bits per heavy atom. The molecule has 0 spiro atoms. The van der Waals surface area contributed by atoms with Crippen LogP contribution in [0.3, 0.4) is 0 Å². The second-order valence-corrected chi connectivity index (χ2v) is 3.69. The standard InChI is InChI=1S/C10H16N4S/c1-2-3-4-5-13-10-8(9(11)15)12-6-7-14-10/h6-7H,2-5H2,1H3,(H2,11,15)(H,13,14). The maximum Gasteiger partial charge on any atom is 0.155 e. The topological polar surface area (TPSA) is 63.8 Å². The summed E-state index contributed by atoms with van der Waals surface area (Å²) in [7, 11) is 0. The van der Waals surface area contributed by atoms with E-state index in [0.29, 0.717) is 11.5 Å². The van der Waals surface area contributed by atoms with Gasteiger partial charge in [0.15, 0.2) is 5.82 Å². The van der Waals surface area contributed by atoms with Gasteiger partial charge in [-0.15, -0.1) is 0 Å². The molecule has 0 aliphatic carbocycles. The van der Waals surface area contributed by atoms with Gasteiger partial charge in [0.25, 0.3) is 0 Å². The van der Waals surface area contributed by atoms with Crippen molar-refractivity contribution in [3.05, 3.63) is 18.1 Å². The highest BCUT2D eigenvalue weighted by Gasteiger charge is 2.06. The lowest BCUT2D eigenvalue weighted by Crippen LogP contribution is -2.16. The van der Waals surface area contributed by atoms with E-state index in [1.54, 1.807) is 12.4 Å². The lowest BCUT2D eigenvalue weighted by molar-refractivity contribution is 0.742. The first-order chi connectivity index (χ1) is 7.25. The van der Waals surface area contributed by atoms with Gasteiger partial charge in [-0.25, -0.2) is 9.97 Å². The number of nitrogens with zero attached hydrogens (tertiary/aromatic N) is 2. The van der Waals surface area contributed by atoms with E-state index in [-0.39, 0.29) is 4.99 Å². The quantitative estimate of drug-likeness (QED) is 0.569. The highest BCUT2D eigenvalue weighted by Crippen LogP contribution is 2.08. The minimum absolute atomic E-state index is 0.279. The molecule has 0 aliphatic rings. The first-order valence-electron chi connectivity index (χ1n) is 5.10. The lowest BCUT2D eigenvalue weighted by Gasteiger charge is -2.07. The Labute approximate surface area is 95.3 Å². The van der Waals surface area contributed by atoms with Crippen LogP contribution in [0.15, 0.2) is 12.4 Å². The van der Waals surface area contributed by atoms with E-state index in [2.05, 4.69) is 22.2 Å². The molecule has 0 bridgehead atoms. The van der Waals surface area contributed by atoms with Crippen LogP contribution in [-0.4, -0.2) is 21.5 Å². The van der Waals surface area contributed by atoms with Crippen molar-refractivity contribution in [3.63, 3.8) is 0 Å². The summed E-state index contributed by atoms with van der Waals surface area (Å²) in [5.74, 6) is 0.682. The minimum atomic E-state index is 0.279. The molecule has 0 amide bonds. The molecule has 0 radical (unpaired) electrons. The average molecular weight is 224 g/mol. The third-order valence-electron chi connectivity index (χ3n) is 2.00. The van der Waals surface area contributed by atoms with Crippen molar-refractivity contribution >= 4 is 23.0 Å². The van der Waals surface area contributed by atoms with Crippen LogP contribution in [0.1, 0.15) is 31.9 Å². The third kappa shape index (κ3) is 3.79. The summed E-state index contributed by atoms with van der Waals surface area (Å²) in [4.78, 5) is 8.52. The van der Waals surface area contributed by atoms with Gasteiger partial charge in [-0.3, -0.25) is 0 Å². The van der Waals surface area contributed by atoms with Crippen LogP contribution in [0, 0.1) is 0 Å². The van der Waals surface area contributed by atoms with Crippen LogP contribution < -0.4 is 11.1 Å². The van der Waals surface area contributed by atoms with E-state index >= 15 is 0 Å². The Balaban J connectivity index is 2.56. The zero-order chi connectivity index (χ0) is 11.1. The van der Waals surface area contributed by atoms with Gasteiger partial charge in [0, 0.05) is 18.9 Å². The molecular weight excluding hydrogens is 208 g/mol. The average Bonchev–Trinajstić information content (AvgIpc) is 2.25. The van der Waals surface area contributed by atoms with Crippen LogP contribution in [-0.2, 0) is 0 Å². The molecular formula is C10H16N4S. The normalized spacial score (nSPS) is 9.93. The van der Waals surface area contributed by atoms with Gasteiger partial charge in [0.1, 0.15) is 10.7 Å². The van der Waals surface area contributed by atoms with Gasteiger partial charge in [-0.05, 0) is 6.42 Å². The van der Waals surface area contributed by atoms with Crippen LogP contribution in [0.2, 0.25) is 0 Å². The predicted octanol–water partition coefficient (Wildman–Crippen LogP) is 1.71. The largest absolute Gasteiger partial charge is 0.388 e. The Bertz CT molecular complexity index is 327. The Morgan fingerprint density at radius 3 is 2.80 bits per heavy atom. The molecule has 0 fully saturated rings. The van der Waals surface area contributed by atoms with E-state index < -0.39 is 0 Å². The third-order valence-corrected chi connectivity index (χ3v) is 2.20. The number of hydrogen-bond donors (Lipinski definition) is 2. The Kier molecular flexibility index (Phi) is 4.97. The zero-order valence-corrected chi connectivity index (χ0v) is 9.68. The molecule has 5 heteroatoms. The summed E-state index contributed by atoms with van der Waals surface area (Å²) in [6.07, 6.45) is 6.74. The summed E-state index contributed by atoms with van der Waals surface area (Å²) >= 11 is 4.89. The van der Waals surface area contributed by atoms with Gasteiger partial charge < -0.3 is 11.1 Å². The van der Waals surface area contributed by atoms with Crippen molar-refractivity contribution in [1.82, 2.24) is 9.97 Å². The first kappa shape index (κ1) is 11.8. The molecule has 0 aromatic carbocycles. The molecule has 0 aliphatic heterocycles. The van der Waals surface area contributed by atoms with Crippen LogP contribution in [0.4, 0.5) is 5.82 Å². The molecule has 1 aromatic heterocycles. The molecule has 82 valence electrons. The molecule has 3 N–H and O–H groups in total. The highest BCUT2D eigenvalue weighted by molar-refractivity contribution is 7.80. The second kappa shape index (κ2) is 6.29. The second-order valence-electron chi connectivity index (χ2n) is 3.25. The van der Waals surface area contributed by atoms with Gasteiger partial charge in [0.05, 0.1) is 0 Å². The lowest BCUT2D eigenvalue weighted by atomic mass is 10.2. The highest BCUT2D eigenvalue weighted by atomic mass is 32.1. The van der Waals surface area contributed by atoms with E-state index in [1.165, 1.54) is 12.8 Å². The van der Waals surface area contributed by atoms with Crippen molar-refractivity contribution in [3.8, 4) is 0 Å². The number of rotatable bonds is 6. The van der Waals surface area contributed by atoms with Gasteiger partial charge in [-0.1, -0.05) is 32.0 Å². The fraction of sp³-hybridized carbons (Fsp3) is 0.500. The van der Waals surface area contributed by atoms with Crippen molar-refractivity contribution in [2.45, 2.75) is 26.2 Å². The number of nitrogens with one attached hydrogen (secondary N) is 1. The maximum atomic E-state index is 5.53. The molecule has 1 heterocycles. The monoisotopic (exact) mass is 224 g/mol. The number of anilines is 1. The molecule has 0 saturated carbocycles. The van der Waals surface area contributed by atoms with Crippen LogP contribution >= 0.6 is 12.2 Å². The van der Waals surface area contributed by atoms with E-state index in [1.807, 2.05) is 0 Å². The maximum absolute atomic E-state index is 5.53. The predicted molar refractivity (Wildman–Crippen MR) is 65.9 cm³/mol. The van der Waals surface area contributed by atoms with Crippen molar-refractivity contribution in [2.75, 3.05) is 11.9 Å². The molecule has 1 rings (SSSR count). The molecule has 15 heavy (non-hydrogen) atoms. The summed E-state index contributed by atoms with van der Waals surface area (Å²) in [5.41, 5.74) is 6.11. The molecule has 1 aromatic rings. The van der Waals surface area contributed by atoms with Gasteiger partial charge in [-0.2, -0.15) is 0 Å². The fourth-order valence-corrected chi connectivity index (χ4v) is 1.38. The zero-order valence-electron chi connectivity index (χ0n) is 8.86. The molecule has 0 saturated heterocycles. The number of hydrogen-bond acceptors (Lipinski definition) is 4. The number of nitrogens with two attached hydrogens (primary N) is 1. The molecule has 4 nitrogen and oxygen atoms in total. The number of unbranched alkanes of at least 4 members (excludes halogenated alkanes) is 2. The summed E-state index contributed by atoms with van der Waals surface area (Å²) in [6.45, 7) is 3.05. The van der Waals surface area contributed by atoms with Crippen LogP contribution in [0.5, 0.6) is 0 Å². The fourth-order valence-electron chi connectivity index (χ4n) is 1.23. The Morgan fingerprint density at radius 2 is 2.13 bits per heavy atom.